The maximum atomic E-state index is 12.5. The van der Waals surface area contributed by atoms with Crippen molar-refractivity contribution < 1.29 is 4.79 Å². The molecule has 1 saturated heterocycles. The van der Waals surface area contributed by atoms with Crippen molar-refractivity contribution in [2.24, 2.45) is 11.7 Å². The average molecular weight is 267 g/mol. The molecule has 1 amide bonds. The van der Waals surface area contributed by atoms with Crippen molar-refractivity contribution in [3.63, 3.8) is 0 Å². The van der Waals surface area contributed by atoms with Crippen LogP contribution in [0, 0.1) is 5.92 Å². The maximum absolute atomic E-state index is 12.5. The topological polar surface area (TPSA) is 49.6 Å². The van der Waals surface area contributed by atoms with Gasteiger partial charge in [0.1, 0.15) is 0 Å². The molecule has 2 fully saturated rings. The minimum atomic E-state index is 0.299. The van der Waals surface area contributed by atoms with Gasteiger partial charge >= 0.3 is 0 Å². The predicted octanol–water partition coefficient (Wildman–Crippen LogP) is 1.45. The van der Waals surface area contributed by atoms with Crippen LogP contribution in [0.1, 0.15) is 45.4 Å². The Balaban J connectivity index is 1.87. The highest BCUT2D eigenvalue weighted by Gasteiger charge is 2.34. The standard InChI is InChI=1S/C15H29N3O/c1-3-13-6-4-5-9-18(13)15(19)11-17(2)14(10-16)12-7-8-12/h12-14H,3-11,16H2,1-2H3. The van der Waals surface area contributed by atoms with Gasteiger partial charge in [0.15, 0.2) is 0 Å². The Morgan fingerprint density at radius 2 is 2.11 bits per heavy atom. The Bertz CT molecular complexity index is 304. The molecule has 0 radical (unpaired) electrons. The lowest BCUT2D eigenvalue weighted by Gasteiger charge is -2.37. The van der Waals surface area contributed by atoms with E-state index in [1.807, 2.05) is 0 Å². The molecule has 1 aliphatic carbocycles. The number of rotatable bonds is 6. The summed E-state index contributed by atoms with van der Waals surface area (Å²) >= 11 is 0. The fourth-order valence-corrected chi connectivity index (χ4v) is 3.39. The molecule has 0 aromatic carbocycles. The van der Waals surface area contributed by atoms with E-state index in [1.54, 1.807) is 0 Å². The number of carbonyl (C=O) groups excluding carboxylic acids is 1. The molecule has 0 bridgehead atoms. The van der Waals surface area contributed by atoms with E-state index in [0.29, 0.717) is 31.1 Å². The normalized spacial score (nSPS) is 25.7. The van der Waals surface area contributed by atoms with E-state index < -0.39 is 0 Å². The van der Waals surface area contributed by atoms with E-state index in [9.17, 15) is 4.79 Å². The van der Waals surface area contributed by atoms with E-state index in [1.165, 1.54) is 25.7 Å². The molecule has 4 heteroatoms. The Hall–Kier alpha value is -0.610. The first-order chi connectivity index (χ1) is 9.17. The number of piperidine rings is 1. The highest BCUT2D eigenvalue weighted by atomic mass is 16.2. The van der Waals surface area contributed by atoms with Crippen LogP contribution in [0.2, 0.25) is 0 Å². The Kier molecular flexibility index (Phi) is 5.22. The monoisotopic (exact) mass is 267 g/mol. The molecule has 19 heavy (non-hydrogen) atoms. The van der Waals surface area contributed by atoms with Gasteiger partial charge in [0.25, 0.3) is 0 Å². The van der Waals surface area contributed by atoms with Gasteiger partial charge in [-0.05, 0) is 51.5 Å². The van der Waals surface area contributed by atoms with Crippen molar-refractivity contribution in [2.45, 2.75) is 57.5 Å². The molecule has 0 spiro atoms. The number of likely N-dealkylation sites (tertiary alicyclic amines) is 1. The van der Waals surface area contributed by atoms with E-state index >= 15 is 0 Å². The molecule has 2 unspecified atom stereocenters. The molecule has 0 aromatic rings. The van der Waals surface area contributed by atoms with Gasteiger partial charge in [0, 0.05) is 25.2 Å². The van der Waals surface area contributed by atoms with Gasteiger partial charge in [-0.25, -0.2) is 0 Å². The fraction of sp³-hybridized carbons (Fsp3) is 0.933. The molecular formula is C15H29N3O. The summed E-state index contributed by atoms with van der Waals surface area (Å²) in [5.74, 6) is 1.03. The first-order valence-electron chi connectivity index (χ1n) is 7.87. The molecule has 1 aliphatic heterocycles. The molecule has 2 atom stereocenters. The minimum absolute atomic E-state index is 0.299. The molecular weight excluding hydrogens is 238 g/mol. The van der Waals surface area contributed by atoms with Crippen molar-refractivity contribution in [2.75, 3.05) is 26.7 Å². The Labute approximate surface area is 117 Å². The van der Waals surface area contributed by atoms with Crippen molar-refractivity contribution in [1.29, 1.82) is 0 Å². The van der Waals surface area contributed by atoms with Crippen LogP contribution in [0.25, 0.3) is 0 Å². The van der Waals surface area contributed by atoms with Crippen LogP contribution in [0.4, 0.5) is 0 Å². The lowest BCUT2D eigenvalue weighted by atomic mass is 10.00. The number of hydrogen-bond acceptors (Lipinski definition) is 3. The SMILES string of the molecule is CCC1CCCCN1C(=O)CN(C)C(CN)C1CC1. The fourth-order valence-electron chi connectivity index (χ4n) is 3.39. The molecule has 0 aromatic heterocycles. The Morgan fingerprint density at radius 1 is 1.37 bits per heavy atom. The zero-order chi connectivity index (χ0) is 13.8. The first kappa shape index (κ1) is 14.8. The summed E-state index contributed by atoms with van der Waals surface area (Å²) in [6.07, 6.45) is 7.25. The molecule has 1 saturated carbocycles. The molecule has 4 nitrogen and oxygen atoms in total. The summed E-state index contributed by atoms with van der Waals surface area (Å²) in [7, 11) is 2.05. The van der Waals surface area contributed by atoms with E-state index in [2.05, 4.69) is 23.8 Å². The maximum Gasteiger partial charge on any atom is 0.236 e. The largest absolute Gasteiger partial charge is 0.339 e. The van der Waals surface area contributed by atoms with Crippen LogP contribution in [-0.2, 0) is 4.79 Å². The van der Waals surface area contributed by atoms with Crippen LogP contribution >= 0.6 is 0 Å². The predicted molar refractivity (Wildman–Crippen MR) is 77.8 cm³/mol. The molecule has 110 valence electrons. The zero-order valence-electron chi connectivity index (χ0n) is 12.5. The van der Waals surface area contributed by atoms with Gasteiger partial charge in [-0.3, -0.25) is 9.69 Å². The molecule has 1 heterocycles. The summed E-state index contributed by atoms with van der Waals surface area (Å²) < 4.78 is 0. The number of hydrogen-bond donors (Lipinski definition) is 1. The smallest absolute Gasteiger partial charge is 0.236 e. The van der Waals surface area contributed by atoms with Crippen LogP contribution in [0.15, 0.2) is 0 Å². The lowest BCUT2D eigenvalue weighted by molar-refractivity contribution is -0.136. The van der Waals surface area contributed by atoms with Crippen molar-refractivity contribution in [3.05, 3.63) is 0 Å². The van der Waals surface area contributed by atoms with Crippen molar-refractivity contribution in [3.8, 4) is 0 Å². The molecule has 2 N–H and O–H groups in total. The van der Waals surface area contributed by atoms with Crippen LogP contribution in [-0.4, -0.2) is 54.5 Å². The molecule has 2 rings (SSSR count). The summed E-state index contributed by atoms with van der Waals surface area (Å²) in [5.41, 5.74) is 5.86. The Morgan fingerprint density at radius 3 is 2.68 bits per heavy atom. The van der Waals surface area contributed by atoms with Crippen LogP contribution < -0.4 is 5.73 Å². The lowest BCUT2D eigenvalue weighted by Crippen LogP contribution is -2.50. The highest BCUT2D eigenvalue weighted by molar-refractivity contribution is 5.78. The average Bonchev–Trinajstić information content (AvgIpc) is 3.24. The zero-order valence-corrected chi connectivity index (χ0v) is 12.5. The second-order valence-electron chi connectivity index (χ2n) is 6.20. The molecule has 2 aliphatic rings. The van der Waals surface area contributed by atoms with Gasteiger partial charge in [-0.15, -0.1) is 0 Å². The number of nitrogens with zero attached hydrogens (tertiary/aromatic N) is 2. The number of carbonyl (C=O) groups is 1. The number of amides is 1. The number of nitrogens with two attached hydrogens (primary N) is 1. The quantitative estimate of drug-likeness (QED) is 0.792. The third-order valence-corrected chi connectivity index (χ3v) is 4.78. The van der Waals surface area contributed by atoms with Gasteiger partial charge in [0.2, 0.25) is 5.91 Å². The van der Waals surface area contributed by atoms with Crippen LogP contribution in [0.5, 0.6) is 0 Å². The van der Waals surface area contributed by atoms with Crippen molar-refractivity contribution >= 4 is 5.91 Å². The van der Waals surface area contributed by atoms with Gasteiger partial charge in [0.05, 0.1) is 6.54 Å². The van der Waals surface area contributed by atoms with E-state index in [0.717, 1.165) is 25.3 Å². The highest BCUT2D eigenvalue weighted by Crippen LogP contribution is 2.34. The second kappa shape index (κ2) is 6.71. The van der Waals surface area contributed by atoms with E-state index in [4.69, 9.17) is 5.73 Å². The third kappa shape index (κ3) is 3.69. The van der Waals surface area contributed by atoms with Gasteiger partial charge in [-0.2, -0.15) is 0 Å². The number of likely N-dealkylation sites (N-methyl/N-ethyl adjacent to an activating group) is 1. The van der Waals surface area contributed by atoms with Crippen molar-refractivity contribution in [1.82, 2.24) is 9.80 Å². The second-order valence-corrected chi connectivity index (χ2v) is 6.20. The summed E-state index contributed by atoms with van der Waals surface area (Å²) in [6, 6.07) is 0.862. The minimum Gasteiger partial charge on any atom is -0.339 e. The first-order valence-corrected chi connectivity index (χ1v) is 7.87. The van der Waals surface area contributed by atoms with Gasteiger partial charge < -0.3 is 10.6 Å². The van der Waals surface area contributed by atoms with Gasteiger partial charge in [-0.1, -0.05) is 6.92 Å². The third-order valence-electron chi connectivity index (χ3n) is 4.78. The summed E-state index contributed by atoms with van der Waals surface area (Å²) in [6.45, 7) is 4.34. The van der Waals surface area contributed by atoms with E-state index in [-0.39, 0.29) is 0 Å². The summed E-state index contributed by atoms with van der Waals surface area (Å²) in [4.78, 5) is 16.8. The van der Waals surface area contributed by atoms with Crippen LogP contribution in [0.3, 0.4) is 0 Å². The summed E-state index contributed by atoms with van der Waals surface area (Å²) in [5, 5.41) is 0.